The summed E-state index contributed by atoms with van der Waals surface area (Å²) in [6.07, 6.45) is 1.84. The smallest absolute Gasteiger partial charge is 0.543 e. The number of hydrogen-bond acceptors (Lipinski definition) is 5. The Morgan fingerprint density at radius 2 is 1.93 bits per heavy atom. The minimum atomic E-state index is -1.31. The number of carbonyl (C=O) groups is 1. The highest BCUT2D eigenvalue weighted by Gasteiger charge is 2.25. The molecule has 1 aromatic carbocycles. The summed E-state index contributed by atoms with van der Waals surface area (Å²) >= 11 is 0. The van der Waals surface area contributed by atoms with E-state index >= 15 is 0 Å². The lowest BCUT2D eigenvalue weighted by molar-refractivity contribution is -0.255. The van der Waals surface area contributed by atoms with Crippen LogP contribution in [0.4, 0.5) is 4.39 Å². The van der Waals surface area contributed by atoms with Crippen LogP contribution in [0.2, 0.25) is 0 Å². The number of nitrogens with one attached hydrogen (secondary N) is 1. The molecule has 1 aliphatic rings. The highest BCUT2D eigenvalue weighted by Crippen LogP contribution is 2.36. The van der Waals surface area contributed by atoms with Crippen molar-refractivity contribution in [3.63, 3.8) is 0 Å². The normalized spacial score (nSPS) is 14.9. The minimum absolute atomic E-state index is 0. The summed E-state index contributed by atoms with van der Waals surface area (Å²) in [5.74, 6) is -1.30. The topological polar surface area (TPSA) is 82.9 Å². The molecule has 3 aromatic rings. The van der Waals surface area contributed by atoms with Crippen LogP contribution in [0.3, 0.4) is 0 Å². The number of carbonyl (C=O) groups excluding carboxylic acids is 1. The van der Waals surface area contributed by atoms with Crippen molar-refractivity contribution in [3.05, 3.63) is 53.1 Å². The van der Waals surface area contributed by atoms with E-state index in [9.17, 15) is 14.3 Å². The van der Waals surface area contributed by atoms with Crippen LogP contribution in [0.1, 0.15) is 61.7 Å². The van der Waals surface area contributed by atoms with Crippen molar-refractivity contribution in [2.75, 3.05) is 13.1 Å². The van der Waals surface area contributed by atoms with Crippen molar-refractivity contribution in [3.8, 4) is 5.69 Å². The first-order chi connectivity index (χ1) is 13.5. The maximum atomic E-state index is 13.4. The van der Waals surface area contributed by atoms with Crippen LogP contribution in [0.5, 0.6) is 0 Å². The summed E-state index contributed by atoms with van der Waals surface area (Å²) in [7, 11) is 0. The second-order valence-electron chi connectivity index (χ2n) is 7.54. The molecule has 0 unspecified atom stereocenters. The standard InChI is InChI=1S/C21H23FN4O2.ClH/c1-12(2)19-18-16(13-7-9-23-10-8-13)11-17(21(27)28)24-20(18)26(25-19)15-5-3-14(22)4-6-15;/h3-6,11-13,23H,7-10H2,1-2H3,(H,27,28);1H. The highest BCUT2D eigenvalue weighted by molar-refractivity contribution is 5.91. The molecule has 0 saturated carbocycles. The molecule has 0 atom stereocenters. The fourth-order valence-electron chi connectivity index (χ4n) is 3.90. The van der Waals surface area contributed by atoms with Crippen LogP contribution < -0.4 is 10.4 Å². The van der Waals surface area contributed by atoms with Gasteiger partial charge in [-0.05, 0) is 73.7 Å². The third kappa shape index (κ3) is 3.97. The number of benzene rings is 1. The molecule has 0 aliphatic carbocycles. The van der Waals surface area contributed by atoms with Crippen molar-refractivity contribution in [1.29, 1.82) is 0 Å². The molecule has 29 heavy (non-hydrogen) atoms. The average molecular weight is 419 g/mol. The molecule has 0 bridgehead atoms. The van der Waals surface area contributed by atoms with Gasteiger partial charge < -0.3 is 15.2 Å². The number of piperidine rings is 1. The van der Waals surface area contributed by atoms with Gasteiger partial charge in [0.25, 0.3) is 0 Å². The predicted molar refractivity (Wildman–Crippen MR) is 110 cm³/mol. The Bertz CT molecular complexity index is 1030. The zero-order valence-electron chi connectivity index (χ0n) is 17.3. The van der Waals surface area contributed by atoms with E-state index in [1.807, 2.05) is 0 Å². The molecule has 0 radical (unpaired) electrons. The van der Waals surface area contributed by atoms with Gasteiger partial charge in [-0.15, -0.1) is 12.4 Å². The Morgan fingerprint density at radius 1 is 1.28 bits per heavy atom. The number of nitrogens with zero attached hydrogens (tertiary/aromatic N) is 3. The van der Waals surface area contributed by atoms with Crippen LogP contribution in [0.15, 0.2) is 30.3 Å². The van der Waals surface area contributed by atoms with Gasteiger partial charge in [0.2, 0.25) is 0 Å². The summed E-state index contributed by atoms with van der Waals surface area (Å²) in [6.45, 7) is 5.88. The Hall–Kier alpha value is -2.51. The van der Waals surface area contributed by atoms with Crippen molar-refractivity contribution < 1.29 is 15.7 Å². The number of carboxylic acid groups (broad SMARTS) is 1. The number of aromatic carboxylic acids is 1. The first kappa shape index (κ1) is 21.2. The number of pyridine rings is 1. The second-order valence-corrected chi connectivity index (χ2v) is 7.54. The Morgan fingerprint density at radius 3 is 2.52 bits per heavy atom. The van der Waals surface area contributed by atoms with E-state index in [0.717, 1.165) is 42.6 Å². The number of halogens is 2. The lowest BCUT2D eigenvalue weighted by atomic mass is 9.87. The van der Waals surface area contributed by atoms with Gasteiger partial charge in [0.1, 0.15) is 5.82 Å². The fourth-order valence-corrected chi connectivity index (χ4v) is 3.90. The highest BCUT2D eigenvalue weighted by atomic mass is 35.5. The summed E-state index contributed by atoms with van der Waals surface area (Å²) in [5, 5.41) is 20.6. The van der Waals surface area contributed by atoms with Crippen molar-refractivity contribution in [2.45, 2.75) is 38.5 Å². The molecule has 1 saturated heterocycles. The molecule has 8 heteroatoms. The SMILES string of the molecule is CC(C)c1nn(-c2ccc(F)cc2)c2nc(C(=O)[O-])cc(C3CCNCC3)c12.Cl.[H+]. The van der Waals surface area contributed by atoms with Gasteiger partial charge in [-0.3, -0.25) is 0 Å². The van der Waals surface area contributed by atoms with Gasteiger partial charge in [-0.25, -0.2) is 14.1 Å². The van der Waals surface area contributed by atoms with Gasteiger partial charge in [0.05, 0.1) is 23.0 Å². The average Bonchev–Trinajstić information content (AvgIpc) is 3.08. The van der Waals surface area contributed by atoms with Gasteiger partial charge in [0, 0.05) is 5.39 Å². The number of aromatic nitrogens is 3. The van der Waals surface area contributed by atoms with E-state index in [1.54, 1.807) is 22.9 Å². The number of fused-ring (bicyclic) bond motifs is 1. The van der Waals surface area contributed by atoms with E-state index in [4.69, 9.17) is 5.10 Å². The monoisotopic (exact) mass is 418 g/mol. The quantitative estimate of drug-likeness (QED) is 0.704. The molecule has 1 fully saturated rings. The molecule has 2 aromatic heterocycles. The van der Waals surface area contributed by atoms with E-state index in [0.29, 0.717) is 11.3 Å². The van der Waals surface area contributed by atoms with Crippen LogP contribution in [-0.4, -0.2) is 33.8 Å². The predicted octanol–water partition coefficient (Wildman–Crippen LogP) is 3.05. The lowest BCUT2D eigenvalue weighted by Crippen LogP contribution is -2.28. The molecule has 1 aliphatic heterocycles. The third-order valence-corrected chi connectivity index (χ3v) is 5.30. The maximum Gasteiger partial charge on any atom is 1.00 e. The van der Waals surface area contributed by atoms with Gasteiger partial charge in [-0.2, -0.15) is 5.10 Å². The number of rotatable bonds is 4. The van der Waals surface area contributed by atoms with Crippen molar-refractivity contribution >= 4 is 29.4 Å². The molecule has 1 N–H and O–H groups in total. The van der Waals surface area contributed by atoms with E-state index in [2.05, 4.69) is 24.1 Å². The van der Waals surface area contributed by atoms with E-state index < -0.39 is 5.97 Å². The van der Waals surface area contributed by atoms with Crippen LogP contribution in [-0.2, 0) is 0 Å². The Kier molecular flexibility index (Phi) is 6.19. The second kappa shape index (κ2) is 8.47. The minimum Gasteiger partial charge on any atom is -0.543 e. The summed E-state index contributed by atoms with van der Waals surface area (Å²) in [4.78, 5) is 16.0. The third-order valence-electron chi connectivity index (χ3n) is 5.30. The van der Waals surface area contributed by atoms with Gasteiger partial charge in [0.15, 0.2) is 5.65 Å². The largest absolute Gasteiger partial charge is 1.00 e. The van der Waals surface area contributed by atoms with E-state index in [1.165, 1.54) is 12.1 Å². The number of hydrogen-bond donors (Lipinski definition) is 1. The molecule has 0 amide bonds. The first-order valence-electron chi connectivity index (χ1n) is 9.57. The molecule has 4 rings (SSSR count). The summed E-state index contributed by atoms with van der Waals surface area (Å²) < 4.78 is 15.0. The summed E-state index contributed by atoms with van der Waals surface area (Å²) in [6, 6.07) is 7.59. The number of carboxylic acids is 1. The van der Waals surface area contributed by atoms with Gasteiger partial charge >= 0.3 is 1.43 Å². The zero-order chi connectivity index (χ0) is 19.8. The van der Waals surface area contributed by atoms with Crippen molar-refractivity contribution in [2.24, 2.45) is 0 Å². The van der Waals surface area contributed by atoms with Gasteiger partial charge in [-0.1, -0.05) is 13.8 Å². The summed E-state index contributed by atoms with van der Waals surface area (Å²) in [5.41, 5.74) is 2.84. The van der Waals surface area contributed by atoms with Crippen LogP contribution in [0, 0.1) is 5.82 Å². The fraction of sp³-hybridized carbons (Fsp3) is 0.381. The van der Waals surface area contributed by atoms with Crippen LogP contribution >= 0.6 is 12.4 Å². The van der Waals surface area contributed by atoms with Crippen molar-refractivity contribution in [1.82, 2.24) is 20.1 Å². The maximum absolute atomic E-state index is 13.4. The zero-order valence-corrected chi connectivity index (χ0v) is 17.1. The molecule has 6 nitrogen and oxygen atoms in total. The lowest BCUT2D eigenvalue weighted by Gasteiger charge is -2.24. The Balaban J connectivity index is 0.00000160. The Labute approximate surface area is 176 Å². The molecule has 3 heterocycles. The molecule has 0 spiro atoms. The van der Waals surface area contributed by atoms with E-state index in [-0.39, 0.29) is 37.2 Å². The van der Waals surface area contributed by atoms with Crippen LogP contribution in [0.25, 0.3) is 16.7 Å². The first-order valence-corrected chi connectivity index (χ1v) is 9.57. The molecular weight excluding hydrogens is 395 g/mol. The molecular formula is C21H24ClFN4O2. The molecule has 154 valence electrons.